The maximum absolute atomic E-state index is 5.58. The van der Waals surface area contributed by atoms with Crippen molar-refractivity contribution in [3.05, 3.63) is 40.2 Å². The molecule has 2 aromatic rings. The molecule has 1 N–H and O–H groups in total. The zero-order valence-electron chi connectivity index (χ0n) is 11.5. The highest BCUT2D eigenvalue weighted by Gasteiger charge is 2.12. The molecule has 1 heterocycles. The van der Waals surface area contributed by atoms with Gasteiger partial charge in [-0.3, -0.25) is 0 Å². The fourth-order valence-electron chi connectivity index (χ4n) is 1.87. The van der Waals surface area contributed by atoms with Crippen LogP contribution in [-0.2, 0) is 17.9 Å². The zero-order chi connectivity index (χ0) is 13.5. The van der Waals surface area contributed by atoms with Crippen molar-refractivity contribution in [3.63, 3.8) is 0 Å². The number of benzene rings is 1. The summed E-state index contributed by atoms with van der Waals surface area (Å²) in [6.45, 7) is 4.36. The number of rotatable bonds is 7. The molecule has 0 atom stereocenters. The Balaban J connectivity index is 2.21. The van der Waals surface area contributed by atoms with Gasteiger partial charge in [0.15, 0.2) is 0 Å². The van der Waals surface area contributed by atoms with Crippen molar-refractivity contribution in [1.82, 2.24) is 10.3 Å². The third-order valence-electron chi connectivity index (χ3n) is 2.70. The van der Waals surface area contributed by atoms with Crippen LogP contribution < -0.4 is 5.32 Å². The van der Waals surface area contributed by atoms with Crippen LogP contribution >= 0.6 is 11.3 Å². The summed E-state index contributed by atoms with van der Waals surface area (Å²) in [6, 6.07) is 10.3. The lowest BCUT2D eigenvalue weighted by Gasteiger charge is -2.00. The Morgan fingerprint density at radius 1 is 1.26 bits per heavy atom. The highest BCUT2D eigenvalue weighted by atomic mass is 32.1. The predicted octanol–water partition coefficient (Wildman–Crippen LogP) is 3.46. The van der Waals surface area contributed by atoms with Crippen LogP contribution in [0.5, 0.6) is 0 Å². The first kappa shape index (κ1) is 14.2. The van der Waals surface area contributed by atoms with Crippen LogP contribution in [0.2, 0.25) is 0 Å². The fraction of sp³-hybridized carbons (Fsp3) is 0.400. The van der Waals surface area contributed by atoms with Gasteiger partial charge in [-0.05, 0) is 13.5 Å². The molecule has 0 amide bonds. The largest absolute Gasteiger partial charge is 0.374 e. The Bertz CT molecular complexity index is 496. The predicted molar refractivity (Wildman–Crippen MR) is 80.3 cm³/mol. The molecular weight excluding hydrogens is 256 g/mol. The van der Waals surface area contributed by atoms with Crippen molar-refractivity contribution >= 4 is 11.3 Å². The molecule has 0 spiro atoms. The highest BCUT2D eigenvalue weighted by molar-refractivity contribution is 7.12. The maximum atomic E-state index is 5.58. The number of hydrogen-bond donors (Lipinski definition) is 1. The van der Waals surface area contributed by atoms with E-state index in [1.54, 1.807) is 11.3 Å². The van der Waals surface area contributed by atoms with Crippen LogP contribution in [0.3, 0.4) is 0 Å². The van der Waals surface area contributed by atoms with E-state index < -0.39 is 0 Å². The van der Waals surface area contributed by atoms with E-state index in [4.69, 9.17) is 9.72 Å². The molecule has 19 heavy (non-hydrogen) atoms. The molecule has 0 bridgehead atoms. The number of hydrogen-bond acceptors (Lipinski definition) is 4. The third-order valence-corrected chi connectivity index (χ3v) is 3.73. The van der Waals surface area contributed by atoms with Gasteiger partial charge in [0.1, 0.15) is 5.01 Å². The minimum Gasteiger partial charge on any atom is -0.374 e. The maximum Gasteiger partial charge on any atom is 0.119 e. The summed E-state index contributed by atoms with van der Waals surface area (Å²) in [5.74, 6) is 0. The lowest BCUT2D eigenvalue weighted by molar-refractivity contribution is 0.121. The minimum atomic E-state index is 0.613. The molecule has 4 heteroatoms. The average molecular weight is 276 g/mol. The van der Waals surface area contributed by atoms with Gasteiger partial charge in [0.25, 0.3) is 0 Å². The molecule has 0 saturated heterocycles. The molecule has 0 saturated carbocycles. The number of nitrogens with zero attached hydrogens (tertiary/aromatic N) is 1. The molecule has 0 aliphatic heterocycles. The Kier molecular flexibility index (Phi) is 5.51. The molecule has 102 valence electrons. The van der Waals surface area contributed by atoms with E-state index >= 15 is 0 Å². The molecular formula is C15H20N2OS. The van der Waals surface area contributed by atoms with Gasteiger partial charge < -0.3 is 10.1 Å². The summed E-state index contributed by atoms with van der Waals surface area (Å²) in [6.07, 6.45) is 1.04. The SMILES string of the molecule is CCCOCc1nc(-c2ccccc2)c(CNC)s1. The summed E-state index contributed by atoms with van der Waals surface area (Å²) < 4.78 is 5.58. The lowest BCUT2D eigenvalue weighted by Crippen LogP contribution is -2.04. The van der Waals surface area contributed by atoms with Crippen molar-refractivity contribution in [2.75, 3.05) is 13.7 Å². The molecule has 1 aromatic heterocycles. The topological polar surface area (TPSA) is 34.1 Å². The smallest absolute Gasteiger partial charge is 0.119 e. The van der Waals surface area contributed by atoms with Gasteiger partial charge in [0.2, 0.25) is 0 Å². The number of ether oxygens (including phenoxy) is 1. The monoisotopic (exact) mass is 276 g/mol. The normalized spacial score (nSPS) is 10.8. The molecule has 2 rings (SSSR count). The summed E-state index contributed by atoms with van der Waals surface area (Å²) in [5, 5.41) is 4.26. The van der Waals surface area contributed by atoms with Crippen molar-refractivity contribution in [3.8, 4) is 11.3 Å². The highest BCUT2D eigenvalue weighted by Crippen LogP contribution is 2.28. The summed E-state index contributed by atoms with van der Waals surface area (Å²) in [4.78, 5) is 5.99. The van der Waals surface area contributed by atoms with E-state index in [1.807, 2.05) is 25.2 Å². The molecule has 1 aromatic carbocycles. The summed E-state index contributed by atoms with van der Waals surface area (Å²) in [5.41, 5.74) is 2.25. The standard InChI is InChI=1S/C15H20N2OS/c1-3-9-18-11-14-17-15(13(19-14)10-16-2)12-7-5-4-6-8-12/h4-8,16H,3,9-11H2,1-2H3. The van der Waals surface area contributed by atoms with E-state index in [1.165, 1.54) is 10.4 Å². The Labute approximate surface area is 118 Å². The number of nitrogens with one attached hydrogen (secondary N) is 1. The van der Waals surface area contributed by atoms with Crippen LogP contribution in [-0.4, -0.2) is 18.6 Å². The summed E-state index contributed by atoms with van der Waals surface area (Å²) in [7, 11) is 1.96. The average Bonchev–Trinajstić information content (AvgIpc) is 2.84. The van der Waals surface area contributed by atoms with Crippen LogP contribution in [0.25, 0.3) is 11.3 Å². The molecule has 0 unspecified atom stereocenters. The Morgan fingerprint density at radius 2 is 2.05 bits per heavy atom. The molecule has 3 nitrogen and oxygen atoms in total. The fourth-order valence-corrected chi connectivity index (χ4v) is 2.91. The Hall–Kier alpha value is -1.23. The van der Waals surface area contributed by atoms with E-state index in [9.17, 15) is 0 Å². The van der Waals surface area contributed by atoms with Gasteiger partial charge in [-0.2, -0.15) is 0 Å². The van der Waals surface area contributed by atoms with Crippen LogP contribution in [0.4, 0.5) is 0 Å². The lowest BCUT2D eigenvalue weighted by atomic mass is 10.1. The van der Waals surface area contributed by atoms with Gasteiger partial charge in [0, 0.05) is 23.6 Å². The van der Waals surface area contributed by atoms with Crippen molar-refractivity contribution < 1.29 is 4.74 Å². The second-order valence-electron chi connectivity index (χ2n) is 4.33. The molecule has 0 aliphatic carbocycles. The Morgan fingerprint density at radius 3 is 2.74 bits per heavy atom. The summed E-state index contributed by atoms with van der Waals surface area (Å²) >= 11 is 1.73. The van der Waals surface area contributed by atoms with Crippen molar-refractivity contribution in [2.24, 2.45) is 0 Å². The van der Waals surface area contributed by atoms with Crippen molar-refractivity contribution in [1.29, 1.82) is 0 Å². The molecule has 0 fully saturated rings. The quantitative estimate of drug-likeness (QED) is 0.786. The first-order valence-corrected chi connectivity index (χ1v) is 7.43. The number of thiazole rings is 1. The van der Waals surface area contributed by atoms with Crippen LogP contribution in [0.1, 0.15) is 23.2 Å². The van der Waals surface area contributed by atoms with Gasteiger partial charge in [-0.15, -0.1) is 11.3 Å². The van der Waals surface area contributed by atoms with E-state index in [0.717, 1.165) is 30.3 Å². The van der Waals surface area contributed by atoms with Gasteiger partial charge >= 0.3 is 0 Å². The van der Waals surface area contributed by atoms with Crippen LogP contribution in [0, 0.1) is 0 Å². The van der Waals surface area contributed by atoms with E-state index in [2.05, 4.69) is 24.4 Å². The van der Waals surface area contributed by atoms with Gasteiger partial charge in [-0.25, -0.2) is 4.98 Å². The van der Waals surface area contributed by atoms with Crippen LogP contribution in [0.15, 0.2) is 30.3 Å². The van der Waals surface area contributed by atoms with Gasteiger partial charge in [-0.1, -0.05) is 37.3 Å². The van der Waals surface area contributed by atoms with Crippen molar-refractivity contribution in [2.45, 2.75) is 26.5 Å². The first-order valence-electron chi connectivity index (χ1n) is 6.61. The molecule has 0 radical (unpaired) electrons. The first-order chi connectivity index (χ1) is 9.35. The second kappa shape index (κ2) is 7.38. The van der Waals surface area contributed by atoms with E-state index in [0.29, 0.717) is 6.61 Å². The third kappa shape index (κ3) is 3.86. The number of aromatic nitrogens is 1. The van der Waals surface area contributed by atoms with E-state index in [-0.39, 0.29) is 0 Å². The minimum absolute atomic E-state index is 0.613. The second-order valence-corrected chi connectivity index (χ2v) is 5.50. The molecule has 0 aliphatic rings. The zero-order valence-corrected chi connectivity index (χ0v) is 12.3. The van der Waals surface area contributed by atoms with Gasteiger partial charge in [0.05, 0.1) is 12.3 Å².